The van der Waals surface area contributed by atoms with Crippen LogP contribution in [0.3, 0.4) is 0 Å². The first-order valence-electron chi connectivity index (χ1n) is 8.51. The van der Waals surface area contributed by atoms with E-state index in [4.69, 9.17) is 0 Å². The summed E-state index contributed by atoms with van der Waals surface area (Å²) in [5, 5.41) is 0. The zero-order chi connectivity index (χ0) is 18.3. The van der Waals surface area contributed by atoms with Crippen LogP contribution < -0.4 is 0 Å². The minimum absolute atomic E-state index is 0.998. The van der Waals surface area contributed by atoms with Crippen LogP contribution in [0.1, 0.15) is 0 Å². The van der Waals surface area contributed by atoms with Crippen LogP contribution in [0.15, 0.2) is 111 Å². The van der Waals surface area contributed by atoms with Crippen molar-refractivity contribution < 1.29 is 0 Å². The summed E-state index contributed by atoms with van der Waals surface area (Å²) in [6.07, 6.45) is 18.8. The molecule has 0 saturated carbocycles. The molecule has 132 valence electrons. The summed E-state index contributed by atoms with van der Waals surface area (Å²) in [4.78, 5) is 12.0. The van der Waals surface area contributed by atoms with Crippen molar-refractivity contribution in [3.05, 3.63) is 111 Å². The average Bonchev–Trinajstić information content (AvgIpc) is 3.48. The van der Waals surface area contributed by atoms with Crippen LogP contribution in [0.25, 0.3) is 16.7 Å². The summed E-state index contributed by atoms with van der Waals surface area (Å²) in [6.45, 7) is 0. The Morgan fingerprint density at radius 3 is 2.19 bits per heavy atom. The van der Waals surface area contributed by atoms with Gasteiger partial charge in [0, 0.05) is 55.1 Å². The number of hydrogen-bond donors (Lipinski definition) is 0. The van der Waals surface area contributed by atoms with Crippen molar-refractivity contribution in [2.45, 2.75) is 0 Å². The molecule has 0 radical (unpaired) electrons. The standard InChI is InChI=1S/3C7H6N2/c1-3-7-8-4-2-6-9(7)5-1;1-2-7-3-4-8-6-9(7)5-1;1-2-7-6-8-3-5-9(7)4-1/h3*1-6H. The van der Waals surface area contributed by atoms with E-state index in [1.165, 1.54) is 5.52 Å². The van der Waals surface area contributed by atoms with Crippen LogP contribution >= 0.6 is 0 Å². The van der Waals surface area contributed by atoms with Gasteiger partial charge in [0.2, 0.25) is 0 Å². The summed E-state index contributed by atoms with van der Waals surface area (Å²) in [7, 11) is 0. The molecule has 6 aromatic heterocycles. The highest BCUT2D eigenvalue weighted by molar-refractivity contribution is 5.45. The summed E-state index contributed by atoms with van der Waals surface area (Å²) in [6, 6.07) is 15.9. The van der Waals surface area contributed by atoms with E-state index < -0.39 is 0 Å². The molecule has 0 aliphatic carbocycles. The molecule has 0 aliphatic heterocycles. The van der Waals surface area contributed by atoms with E-state index in [1.807, 2.05) is 98.9 Å². The third kappa shape index (κ3) is 4.01. The SMILES string of the molecule is c1cc2ccncn2c1.c1cc2cnccn2c1.c1cnc2cccn2c1. The molecule has 6 rings (SSSR count). The monoisotopic (exact) mass is 354 g/mol. The van der Waals surface area contributed by atoms with Gasteiger partial charge < -0.3 is 13.2 Å². The zero-order valence-corrected chi connectivity index (χ0v) is 14.6. The number of nitrogens with zero attached hydrogens (tertiary/aromatic N) is 6. The molecule has 6 aromatic rings. The lowest BCUT2D eigenvalue weighted by atomic mass is 10.5. The molecule has 0 aliphatic rings. The highest BCUT2D eigenvalue weighted by Crippen LogP contribution is 2.00. The molecular weight excluding hydrogens is 336 g/mol. The molecule has 0 N–H and O–H groups in total. The van der Waals surface area contributed by atoms with Crippen molar-refractivity contribution in [3.8, 4) is 0 Å². The van der Waals surface area contributed by atoms with Gasteiger partial charge in [0.05, 0.1) is 18.0 Å². The third-order valence-electron chi connectivity index (χ3n) is 3.96. The Labute approximate surface area is 156 Å². The summed E-state index contributed by atoms with van der Waals surface area (Å²) in [5.74, 6) is 0. The number of fused-ring (bicyclic) bond motifs is 3. The van der Waals surface area contributed by atoms with Gasteiger partial charge in [-0.25, -0.2) is 9.97 Å². The molecule has 0 saturated heterocycles. The van der Waals surface area contributed by atoms with Crippen molar-refractivity contribution >= 4 is 16.7 Å². The Kier molecular flexibility index (Phi) is 4.88. The van der Waals surface area contributed by atoms with Crippen LogP contribution in [0, 0.1) is 0 Å². The van der Waals surface area contributed by atoms with Crippen molar-refractivity contribution in [3.63, 3.8) is 0 Å². The van der Waals surface area contributed by atoms with Gasteiger partial charge in [0.15, 0.2) is 0 Å². The molecule has 0 atom stereocenters. The third-order valence-corrected chi connectivity index (χ3v) is 3.96. The second kappa shape index (κ2) is 7.97. The van der Waals surface area contributed by atoms with Crippen LogP contribution in [-0.2, 0) is 0 Å². The van der Waals surface area contributed by atoms with Gasteiger partial charge in [-0.15, -0.1) is 0 Å². The van der Waals surface area contributed by atoms with Gasteiger partial charge in [0.1, 0.15) is 5.65 Å². The molecule has 0 aromatic carbocycles. The van der Waals surface area contributed by atoms with Crippen molar-refractivity contribution in [1.82, 2.24) is 28.2 Å². The normalized spacial score (nSPS) is 10.2. The Morgan fingerprint density at radius 2 is 1.33 bits per heavy atom. The fraction of sp³-hybridized carbons (Fsp3) is 0. The molecule has 0 spiro atoms. The fourth-order valence-electron chi connectivity index (χ4n) is 2.64. The van der Waals surface area contributed by atoms with Crippen molar-refractivity contribution in [2.24, 2.45) is 0 Å². The summed E-state index contributed by atoms with van der Waals surface area (Å²) < 4.78 is 5.97. The van der Waals surface area contributed by atoms with Crippen LogP contribution in [0.4, 0.5) is 0 Å². The Bertz CT molecular complexity index is 1000. The van der Waals surface area contributed by atoms with E-state index >= 15 is 0 Å². The molecule has 6 nitrogen and oxygen atoms in total. The maximum absolute atomic E-state index is 4.10. The average molecular weight is 354 g/mol. The highest BCUT2D eigenvalue weighted by atomic mass is 14.9. The van der Waals surface area contributed by atoms with Crippen LogP contribution in [0.2, 0.25) is 0 Å². The molecule has 6 heteroatoms. The molecule has 6 heterocycles. The minimum atomic E-state index is 0.998. The first kappa shape index (κ1) is 16.5. The fourth-order valence-corrected chi connectivity index (χ4v) is 2.64. The van der Waals surface area contributed by atoms with Crippen LogP contribution in [0.5, 0.6) is 0 Å². The second-order valence-electron chi connectivity index (χ2n) is 5.73. The smallest absolute Gasteiger partial charge is 0.136 e. The number of rotatable bonds is 0. The lowest BCUT2D eigenvalue weighted by molar-refractivity contribution is 1.10. The van der Waals surface area contributed by atoms with E-state index in [2.05, 4.69) is 15.0 Å². The Morgan fingerprint density at radius 1 is 0.556 bits per heavy atom. The summed E-state index contributed by atoms with van der Waals surface area (Å²) >= 11 is 0. The first-order chi connectivity index (χ1) is 13.4. The lowest BCUT2D eigenvalue weighted by Gasteiger charge is -1.87. The molecule has 0 unspecified atom stereocenters. The predicted octanol–water partition coefficient (Wildman–Crippen LogP) is 4.00. The van der Waals surface area contributed by atoms with Gasteiger partial charge in [-0.1, -0.05) is 0 Å². The van der Waals surface area contributed by atoms with Crippen LogP contribution in [-0.4, -0.2) is 28.2 Å². The zero-order valence-electron chi connectivity index (χ0n) is 14.6. The molecular formula is C21H18N6. The van der Waals surface area contributed by atoms with Gasteiger partial charge in [-0.2, -0.15) is 0 Å². The van der Waals surface area contributed by atoms with Crippen molar-refractivity contribution in [1.29, 1.82) is 0 Å². The topological polar surface area (TPSA) is 51.9 Å². The Balaban J connectivity index is 0.0000001000. The van der Waals surface area contributed by atoms with Gasteiger partial charge in [-0.3, -0.25) is 4.98 Å². The van der Waals surface area contributed by atoms with E-state index in [0.717, 1.165) is 11.2 Å². The van der Waals surface area contributed by atoms with E-state index in [9.17, 15) is 0 Å². The van der Waals surface area contributed by atoms with E-state index in [0.29, 0.717) is 0 Å². The van der Waals surface area contributed by atoms with Gasteiger partial charge >= 0.3 is 0 Å². The predicted molar refractivity (Wildman–Crippen MR) is 106 cm³/mol. The molecule has 27 heavy (non-hydrogen) atoms. The largest absolute Gasteiger partial charge is 0.321 e. The first-order valence-corrected chi connectivity index (χ1v) is 8.51. The molecule has 0 amide bonds. The minimum Gasteiger partial charge on any atom is -0.321 e. The van der Waals surface area contributed by atoms with E-state index in [-0.39, 0.29) is 0 Å². The van der Waals surface area contributed by atoms with Crippen molar-refractivity contribution in [2.75, 3.05) is 0 Å². The maximum Gasteiger partial charge on any atom is 0.136 e. The van der Waals surface area contributed by atoms with Gasteiger partial charge in [0.25, 0.3) is 0 Å². The molecule has 0 bridgehead atoms. The molecule has 0 fully saturated rings. The highest BCUT2D eigenvalue weighted by Gasteiger charge is 1.86. The summed E-state index contributed by atoms with van der Waals surface area (Å²) in [5.41, 5.74) is 3.32. The number of hydrogen-bond acceptors (Lipinski definition) is 3. The number of aromatic nitrogens is 6. The van der Waals surface area contributed by atoms with Gasteiger partial charge in [-0.05, 0) is 48.5 Å². The quantitative estimate of drug-likeness (QED) is 0.414. The van der Waals surface area contributed by atoms with E-state index in [1.54, 1.807) is 24.9 Å². The second-order valence-corrected chi connectivity index (χ2v) is 5.73. The maximum atomic E-state index is 4.10. The lowest BCUT2D eigenvalue weighted by Crippen LogP contribution is -1.80. The Hall–Kier alpha value is -3.93.